The summed E-state index contributed by atoms with van der Waals surface area (Å²) in [6.07, 6.45) is 1.72. The van der Waals surface area contributed by atoms with Crippen molar-refractivity contribution >= 4 is 44.9 Å². The van der Waals surface area contributed by atoms with Gasteiger partial charge in [-0.15, -0.1) is 11.3 Å². The number of fused-ring (bicyclic) bond motifs is 2. The van der Waals surface area contributed by atoms with E-state index < -0.39 is 0 Å². The highest BCUT2D eigenvalue weighted by atomic mass is 32.1. The quantitative estimate of drug-likeness (QED) is 0.435. The van der Waals surface area contributed by atoms with Crippen LogP contribution in [0.4, 0.5) is 5.69 Å². The number of nitrogens with one attached hydrogen (secondary N) is 1. The van der Waals surface area contributed by atoms with Crippen molar-refractivity contribution in [1.29, 1.82) is 0 Å². The minimum atomic E-state index is -0.207. The molecule has 3 aromatic heterocycles. The molecule has 5 nitrogen and oxygen atoms in total. The van der Waals surface area contributed by atoms with E-state index in [-0.39, 0.29) is 5.91 Å². The molecule has 0 radical (unpaired) electrons. The second kappa shape index (κ2) is 6.58. The highest BCUT2D eigenvalue weighted by molar-refractivity contribution is 7.12. The van der Waals surface area contributed by atoms with Crippen LogP contribution in [-0.2, 0) is 0 Å². The summed E-state index contributed by atoms with van der Waals surface area (Å²) in [6.45, 7) is 2.00. The minimum absolute atomic E-state index is 0.207. The maximum absolute atomic E-state index is 13.0. The summed E-state index contributed by atoms with van der Waals surface area (Å²) in [4.78, 5) is 22.5. The van der Waals surface area contributed by atoms with Crippen LogP contribution in [-0.4, -0.2) is 15.9 Å². The predicted molar refractivity (Wildman–Crippen MR) is 112 cm³/mol. The first-order chi connectivity index (χ1) is 13.7. The number of rotatable bonds is 3. The van der Waals surface area contributed by atoms with Crippen molar-refractivity contribution in [2.24, 2.45) is 0 Å². The summed E-state index contributed by atoms with van der Waals surface area (Å²) in [5.41, 5.74) is 4.71. The molecule has 0 saturated carbocycles. The molecule has 1 amide bonds. The van der Waals surface area contributed by atoms with Crippen LogP contribution >= 0.6 is 11.3 Å². The van der Waals surface area contributed by atoms with Crippen molar-refractivity contribution in [2.45, 2.75) is 6.92 Å². The van der Waals surface area contributed by atoms with Crippen molar-refractivity contribution in [2.75, 3.05) is 5.32 Å². The van der Waals surface area contributed by atoms with Gasteiger partial charge < -0.3 is 9.73 Å². The van der Waals surface area contributed by atoms with E-state index in [1.807, 2.05) is 66.9 Å². The van der Waals surface area contributed by atoms with Crippen molar-refractivity contribution < 1.29 is 9.21 Å². The van der Waals surface area contributed by atoms with Gasteiger partial charge in [0.05, 0.1) is 16.8 Å². The molecule has 0 aliphatic heterocycles. The molecule has 136 valence electrons. The normalized spacial score (nSPS) is 11.2. The van der Waals surface area contributed by atoms with Crippen LogP contribution in [0, 0.1) is 6.92 Å². The summed E-state index contributed by atoms with van der Waals surface area (Å²) >= 11 is 1.36. The molecule has 0 aliphatic rings. The Hall–Kier alpha value is -3.51. The van der Waals surface area contributed by atoms with Crippen molar-refractivity contribution in [1.82, 2.24) is 9.97 Å². The third-order valence-corrected chi connectivity index (χ3v) is 5.44. The molecule has 0 aliphatic carbocycles. The molecule has 28 heavy (non-hydrogen) atoms. The molecule has 0 atom stereocenters. The molecular formula is C22H15N3O2S. The van der Waals surface area contributed by atoms with Gasteiger partial charge in [0.15, 0.2) is 5.58 Å². The number of oxazole rings is 1. The molecule has 0 fully saturated rings. The average Bonchev–Trinajstić information content (AvgIpc) is 3.34. The molecule has 0 bridgehead atoms. The fourth-order valence-corrected chi connectivity index (χ4v) is 3.97. The zero-order valence-corrected chi connectivity index (χ0v) is 15.8. The van der Waals surface area contributed by atoms with Crippen LogP contribution < -0.4 is 5.32 Å². The third kappa shape index (κ3) is 2.84. The van der Waals surface area contributed by atoms with E-state index in [9.17, 15) is 4.79 Å². The number of amides is 1. The number of anilines is 1. The first kappa shape index (κ1) is 16.6. The molecular weight excluding hydrogens is 370 g/mol. The predicted octanol–water partition coefficient (Wildman–Crippen LogP) is 5.67. The van der Waals surface area contributed by atoms with E-state index in [2.05, 4.69) is 15.3 Å². The van der Waals surface area contributed by atoms with E-state index in [0.29, 0.717) is 27.6 Å². The maximum Gasteiger partial charge on any atom is 0.266 e. The first-order valence-electron chi connectivity index (χ1n) is 8.79. The molecule has 0 unspecified atom stereocenters. The number of aryl methyl sites for hydroxylation is 1. The Morgan fingerprint density at radius 3 is 2.93 bits per heavy atom. The highest BCUT2D eigenvalue weighted by Gasteiger charge is 2.20. The molecule has 6 heteroatoms. The summed E-state index contributed by atoms with van der Waals surface area (Å²) in [6, 6.07) is 17.3. The molecule has 5 aromatic rings. The Morgan fingerprint density at radius 2 is 2.00 bits per heavy atom. The van der Waals surface area contributed by atoms with E-state index in [4.69, 9.17) is 4.42 Å². The number of carbonyl (C=O) groups is 1. The Morgan fingerprint density at radius 1 is 1.11 bits per heavy atom. The fraction of sp³-hybridized carbons (Fsp3) is 0.0455. The molecule has 5 rings (SSSR count). The maximum atomic E-state index is 13.0. The number of nitrogens with zero attached hydrogens (tertiary/aromatic N) is 2. The van der Waals surface area contributed by atoms with Gasteiger partial charge in [0.25, 0.3) is 5.91 Å². The summed E-state index contributed by atoms with van der Waals surface area (Å²) in [5.74, 6) is 0.240. The van der Waals surface area contributed by atoms with Gasteiger partial charge >= 0.3 is 0 Å². The summed E-state index contributed by atoms with van der Waals surface area (Å²) in [5, 5.41) is 5.82. The van der Waals surface area contributed by atoms with E-state index in [1.54, 1.807) is 6.20 Å². The second-order valence-electron chi connectivity index (χ2n) is 6.49. The highest BCUT2D eigenvalue weighted by Crippen LogP contribution is 2.32. The van der Waals surface area contributed by atoms with Gasteiger partial charge in [-0.25, -0.2) is 4.98 Å². The standard InChI is InChI=1S/C22H15N3O2S/c1-13-7-8-16-18(12-13)27-22(25-16)15-9-11-28-20(15)21(26)24-17-6-2-4-14-5-3-10-23-19(14)17/h2-12H,1H3,(H,24,26). The van der Waals surface area contributed by atoms with Crippen LogP contribution in [0.3, 0.4) is 0 Å². The molecule has 0 saturated heterocycles. The van der Waals surface area contributed by atoms with Crippen LogP contribution in [0.25, 0.3) is 33.5 Å². The van der Waals surface area contributed by atoms with Gasteiger partial charge in [-0.2, -0.15) is 0 Å². The SMILES string of the molecule is Cc1ccc2nc(-c3ccsc3C(=O)Nc3cccc4cccnc34)oc2c1. The number of aromatic nitrogens is 2. The number of benzene rings is 2. The third-order valence-electron chi connectivity index (χ3n) is 4.53. The van der Waals surface area contributed by atoms with Gasteiger partial charge in [0, 0.05) is 11.6 Å². The van der Waals surface area contributed by atoms with Gasteiger partial charge in [-0.1, -0.05) is 24.3 Å². The lowest BCUT2D eigenvalue weighted by Crippen LogP contribution is -2.11. The Kier molecular flexibility index (Phi) is 3.91. The number of carbonyl (C=O) groups excluding carboxylic acids is 1. The zero-order valence-electron chi connectivity index (χ0n) is 15.0. The van der Waals surface area contributed by atoms with Gasteiger partial charge in [0.2, 0.25) is 5.89 Å². The molecule has 3 heterocycles. The van der Waals surface area contributed by atoms with Crippen LogP contribution in [0.5, 0.6) is 0 Å². The Balaban J connectivity index is 1.52. The summed E-state index contributed by atoms with van der Waals surface area (Å²) in [7, 11) is 0. The van der Waals surface area contributed by atoms with Crippen molar-refractivity contribution in [3.8, 4) is 11.5 Å². The van der Waals surface area contributed by atoms with Crippen LogP contribution in [0.2, 0.25) is 0 Å². The lowest BCUT2D eigenvalue weighted by atomic mass is 10.2. The van der Waals surface area contributed by atoms with Gasteiger partial charge in [-0.3, -0.25) is 9.78 Å². The average molecular weight is 385 g/mol. The zero-order chi connectivity index (χ0) is 19.1. The lowest BCUT2D eigenvalue weighted by Gasteiger charge is -2.07. The smallest absolute Gasteiger partial charge is 0.266 e. The number of hydrogen-bond acceptors (Lipinski definition) is 5. The molecule has 1 N–H and O–H groups in total. The second-order valence-corrected chi connectivity index (χ2v) is 7.40. The molecule has 2 aromatic carbocycles. The van der Waals surface area contributed by atoms with E-state index >= 15 is 0 Å². The Labute approximate surface area is 164 Å². The molecule has 0 spiro atoms. The number of hydrogen-bond donors (Lipinski definition) is 1. The fourth-order valence-electron chi connectivity index (χ4n) is 3.18. The Bertz CT molecular complexity index is 1330. The van der Waals surface area contributed by atoms with Gasteiger partial charge in [0.1, 0.15) is 10.4 Å². The van der Waals surface area contributed by atoms with Gasteiger partial charge in [-0.05, 0) is 48.2 Å². The largest absolute Gasteiger partial charge is 0.436 e. The number of para-hydroxylation sites is 1. The van der Waals surface area contributed by atoms with E-state index in [0.717, 1.165) is 22.0 Å². The van der Waals surface area contributed by atoms with E-state index in [1.165, 1.54) is 11.3 Å². The number of pyridine rings is 1. The van der Waals surface area contributed by atoms with Crippen molar-refractivity contribution in [3.63, 3.8) is 0 Å². The number of thiophene rings is 1. The van der Waals surface area contributed by atoms with Crippen LogP contribution in [0.1, 0.15) is 15.2 Å². The topological polar surface area (TPSA) is 68.0 Å². The monoisotopic (exact) mass is 385 g/mol. The van der Waals surface area contributed by atoms with Crippen molar-refractivity contribution in [3.05, 3.63) is 76.6 Å². The lowest BCUT2D eigenvalue weighted by molar-refractivity contribution is 0.103. The minimum Gasteiger partial charge on any atom is -0.436 e. The first-order valence-corrected chi connectivity index (χ1v) is 9.67. The van der Waals surface area contributed by atoms with Crippen LogP contribution in [0.15, 0.2) is 70.6 Å². The summed E-state index contributed by atoms with van der Waals surface area (Å²) < 4.78 is 5.91.